The van der Waals surface area contributed by atoms with Crippen LogP contribution in [-0.4, -0.2) is 25.4 Å². The Bertz CT molecular complexity index is 563. The predicted molar refractivity (Wildman–Crippen MR) is 83.0 cm³/mol. The average Bonchev–Trinajstić information content (AvgIpc) is 3.09. The molecule has 2 N–H and O–H groups in total. The molecule has 1 fully saturated rings. The summed E-state index contributed by atoms with van der Waals surface area (Å²) in [4.78, 5) is 4.40. The Hall–Kier alpha value is -1.62. The fraction of sp³-hybridized carbons (Fsp3) is 0.625. The van der Waals surface area contributed by atoms with Gasteiger partial charge in [-0.3, -0.25) is 4.68 Å². The van der Waals surface area contributed by atoms with Crippen molar-refractivity contribution in [3.8, 4) is 0 Å². The minimum absolute atomic E-state index is 0.152. The Morgan fingerprint density at radius 2 is 2.10 bits per heavy atom. The van der Waals surface area contributed by atoms with E-state index in [-0.39, 0.29) is 6.04 Å². The summed E-state index contributed by atoms with van der Waals surface area (Å²) in [5, 5.41) is 4.74. The lowest BCUT2D eigenvalue weighted by atomic mass is 9.96. The molecule has 5 nitrogen and oxygen atoms in total. The average molecular weight is 287 g/mol. The third-order valence-electron chi connectivity index (χ3n) is 4.17. The first-order valence-electron chi connectivity index (χ1n) is 8.01. The normalized spacial score (nSPS) is 18.0. The van der Waals surface area contributed by atoms with Gasteiger partial charge in [-0.15, -0.1) is 0 Å². The summed E-state index contributed by atoms with van der Waals surface area (Å²) in [6, 6.07) is 2.88. The lowest BCUT2D eigenvalue weighted by Crippen LogP contribution is -2.17. The monoisotopic (exact) mass is 287 g/mol. The number of aromatic nitrogens is 4. The molecule has 0 aliphatic heterocycles. The number of hydrogen-bond donors (Lipinski definition) is 1. The number of imidazole rings is 1. The third-order valence-corrected chi connectivity index (χ3v) is 4.17. The van der Waals surface area contributed by atoms with E-state index in [0.717, 1.165) is 24.4 Å². The van der Waals surface area contributed by atoms with Gasteiger partial charge in [-0.05, 0) is 25.8 Å². The highest BCUT2D eigenvalue weighted by Crippen LogP contribution is 2.27. The molecule has 0 amide bonds. The summed E-state index contributed by atoms with van der Waals surface area (Å²) in [7, 11) is 0. The molecule has 1 aliphatic rings. The second-order valence-electron chi connectivity index (χ2n) is 6.30. The van der Waals surface area contributed by atoms with E-state index in [1.807, 2.05) is 13.3 Å². The molecule has 0 aromatic carbocycles. The van der Waals surface area contributed by atoms with Gasteiger partial charge in [0.25, 0.3) is 0 Å². The fourth-order valence-electron chi connectivity index (χ4n) is 3.13. The van der Waals surface area contributed by atoms with Gasteiger partial charge in [-0.1, -0.05) is 19.3 Å². The Balaban J connectivity index is 1.62. The minimum atomic E-state index is 0.152. The van der Waals surface area contributed by atoms with E-state index < -0.39 is 0 Å². The number of rotatable bonds is 5. The maximum absolute atomic E-state index is 5.81. The topological polar surface area (TPSA) is 61.7 Å². The molecule has 2 heterocycles. The maximum Gasteiger partial charge on any atom is 0.0953 e. The van der Waals surface area contributed by atoms with Gasteiger partial charge in [-0.2, -0.15) is 5.10 Å². The van der Waals surface area contributed by atoms with Gasteiger partial charge in [0.15, 0.2) is 0 Å². The van der Waals surface area contributed by atoms with Gasteiger partial charge in [0, 0.05) is 24.9 Å². The first-order valence-corrected chi connectivity index (χ1v) is 8.01. The summed E-state index contributed by atoms with van der Waals surface area (Å²) in [6.07, 6.45) is 13.5. The zero-order valence-electron chi connectivity index (χ0n) is 12.8. The molecule has 21 heavy (non-hydrogen) atoms. The Kier molecular flexibility index (Phi) is 4.39. The molecule has 1 saturated carbocycles. The molecule has 0 spiro atoms. The van der Waals surface area contributed by atoms with Gasteiger partial charge >= 0.3 is 0 Å². The summed E-state index contributed by atoms with van der Waals surface area (Å²) < 4.78 is 4.25. The van der Waals surface area contributed by atoms with Gasteiger partial charge in [-0.25, -0.2) is 4.98 Å². The second-order valence-corrected chi connectivity index (χ2v) is 6.30. The molecule has 114 valence electrons. The van der Waals surface area contributed by atoms with E-state index in [9.17, 15) is 0 Å². The first-order chi connectivity index (χ1) is 10.2. The molecule has 3 rings (SSSR count). The molecule has 1 unspecified atom stereocenters. The van der Waals surface area contributed by atoms with Crippen LogP contribution in [0.4, 0.5) is 0 Å². The highest BCUT2D eigenvalue weighted by molar-refractivity contribution is 5.05. The van der Waals surface area contributed by atoms with Crippen molar-refractivity contribution in [1.29, 1.82) is 0 Å². The van der Waals surface area contributed by atoms with Crippen molar-refractivity contribution in [1.82, 2.24) is 19.3 Å². The van der Waals surface area contributed by atoms with Crippen LogP contribution in [0.15, 0.2) is 24.8 Å². The molecule has 2 aromatic heterocycles. The molecule has 1 aliphatic carbocycles. The van der Waals surface area contributed by atoms with Crippen molar-refractivity contribution >= 4 is 0 Å². The summed E-state index contributed by atoms with van der Waals surface area (Å²) in [5.41, 5.74) is 7.96. The van der Waals surface area contributed by atoms with Crippen LogP contribution in [0.3, 0.4) is 0 Å². The SMILES string of the molecule is CC(N)Cc1cn(Cc2ccn(C3CCCCC3)n2)cn1. The fourth-order valence-corrected chi connectivity index (χ4v) is 3.13. The predicted octanol–water partition coefficient (Wildman–Crippen LogP) is 2.52. The zero-order chi connectivity index (χ0) is 14.7. The largest absolute Gasteiger partial charge is 0.331 e. The van der Waals surface area contributed by atoms with E-state index in [1.165, 1.54) is 32.1 Å². The molecule has 0 saturated heterocycles. The summed E-state index contributed by atoms with van der Waals surface area (Å²) >= 11 is 0. The van der Waals surface area contributed by atoms with E-state index in [0.29, 0.717) is 6.04 Å². The van der Waals surface area contributed by atoms with E-state index in [2.05, 4.69) is 32.7 Å². The summed E-state index contributed by atoms with van der Waals surface area (Å²) in [5.74, 6) is 0. The van der Waals surface area contributed by atoms with Gasteiger partial charge in [0.1, 0.15) is 0 Å². The third kappa shape index (κ3) is 3.73. The quantitative estimate of drug-likeness (QED) is 0.919. The van der Waals surface area contributed by atoms with Gasteiger partial charge < -0.3 is 10.3 Å². The minimum Gasteiger partial charge on any atom is -0.331 e. The smallest absolute Gasteiger partial charge is 0.0953 e. The van der Waals surface area contributed by atoms with Crippen molar-refractivity contribution in [3.05, 3.63) is 36.2 Å². The Morgan fingerprint density at radius 3 is 2.86 bits per heavy atom. The van der Waals surface area contributed by atoms with Crippen LogP contribution in [-0.2, 0) is 13.0 Å². The number of hydrogen-bond acceptors (Lipinski definition) is 3. The number of nitrogens with two attached hydrogens (primary N) is 1. The molecule has 5 heteroatoms. The van der Waals surface area contributed by atoms with Crippen LogP contribution in [0.2, 0.25) is 0 Å². The molecule has 0 radical (unpaired) electrons. The van der Waals surface area contributed by atoms with Crippen molar-refractivity contribution in [2.45, 2.75) is 64.1 Å². The van der Waals surface area contributed by atoms with Crippen LogP contribution in [0.5, 0.6) is 0 Å². The standard InChI is InChI=1S/C16H25N5/c1-13(17)9-15-11-20(12-18-15)10-14-7-8-21(19-14)16-5-3-2-4-6-16/h7-8,11-13,16H,2-6,9-10,17H2,1H3. The molecule has 2 aromatic rings. The zero-order valence-corrected chi connectivity index (χ0v) is 12.8. The van der Waals surface area contributed by atoms with E-state index >= 15 is 0 Å². The van der Waals surface area contributed by atoms with Crippen LogP contribution in [0, 0.1) is 0 Å². The molecule has 0 bridgehead atoms. The van der Waals surface area contributed by atoms with Crippen LogP contribution in [0.1, 0.15) is 56.5 Å². The Labute approximate surface area is 126 Å². The van der Waals surface area contributed by atoms with Gasteiger partial charge in [0.2, 0.25) is 0 Å². The first kappa shape index (κ1) is 14.3. The van der Waals surface area contributed by atoms with Crippen molar-refractivity contribution in [3.63, 3.8) is 0 Å². The highest BCUT2D eigenvalue weighted by atomic mass is 15.3. The van der Waals surface area contributed by atoms with Crippen molar-refractivity contribution in [2.75, 3.05) is 0 Å². The highest BCUT2D eigenvalue weighted by Gasteiger charge is 2.16. The lowest BCUT2D eigenvalue weighted by Gasteiger charge is -2.21. The van der Waals surface area contributed by atoms with Gasteiger partial charge in [0.05, 0.1) is 30.3 Å². The van der Waals surface area contributed by atoms with Crippen molar-refractivity contribution in [2.24, 2.45) is 5.73 Å². The van der Waals surface area contributed by atoms with E-state index in [1.54, 1.807) is 0 Å². The van der Waals surface area contributed by atoms with E-state index in [4.69, 9.17) is 10.8 Å². The molecular formula is C16H25N5. The molecular weight excluding hydrogens is 262 g/mol. The molecule has 1 atom stereocenters. The van der Waals surface area contributed by atoms with Crippen LogP contribution < -0.4 is 5.73 Å². The summed E-state index contributed by atoms with van der Waals surface area (Å²) in [6.45, 7) is 2.79. The van der Waals surface area contributed by atoms with Crippen molar-refractivity contribution < 1.29 is 0 Å². The van der Waals surface area contributed by atoms with Crippen LogP contribution >= 0.6 is 0 Å². The Morgan fingerprint density at radius 1 is 1.29 bits per heavy atom. The number of nitrogens with zero attached hydrogens (tertiary/aromatic N) is 4. The maximum atomic E-state index is 5.81. The second kappa shape index (κ2) is 6.43. The lowest BCUT2D eigenvalue weighted by molar-refractivity contribution is 0.328. The van der Waals surface area contributed by atoms with Crippen LogP contribution in [0.25, 0.3) is 0 Å².